The van der Waals surface area contributed by atoms with Gasteiger partial charge in [-0.3, -0.25) is 0 Å². The molecular formula is C14H13BrFNO. The highest BCUT2D eigenvalue weighted by molar-refractivity contribution is 9.10. The van der Waals surface area contributed by atoms with Crippen LogP contribution in [0.15, 0.2) is 40.9 Å². The van der Waals surface area contributed by atoms with Gasteiger partial charge in [0.05, 0.1) is 10.2 Å². The predicted molar refractivity (Wildman–Crippen MR) is 74.0 cm³/mol. The highest BCUT2D eigenvalue weighted by Crippen LogP contribution is 2.26. The Hall–Kier alpha value is -1.55. The first kappa shape index (κ1) is 12.9. The molecule has 0 aliphatic rings. The summed E-state index contributed by atoms with van der Waals surface area (Å²) in [7, 11) is 0. The van der Waals surface area contributed by atoms with Crippen molar-refractivity contribution in [3.8, 4) is 5.75 Å². The summed E-state index contributed by atoms with van der Waals surface area (Å²) < 4.78 is 19.4. The molecule has 2 N–H and O–H groups in total. The molecule has 2 aromatic rings. The van der Waals surface area contributed by atoms with E-state index in [1.165, 1.54) is 6.07 Å². The minimum absolute atomic E-state index is 0.270. The normalized spacial score (nSPS) is 10.4. The van der Waals surface area contributed by atoms with Crippen molar-refractivity contribution in [2.45, 2.75) is 13.5 Å². The minimum Gasteiger partial charge on any atom is -0.487 e. The van der Waals surface area contributed by atoms with Gasteiger partial charge in [0.15, 0.2) is 0 Å². The summed E-state index contributed by atoms with van der Waals surface area (Å²) in [5.74, 6) is 0.319. The van der Waals surface area contributed by atoms with E-state index in [2.05, 4.69) is 15.9 Å². The Morgan fingerprint density at radius 3 is 2.83 bits per heavy atom. The first-order chi connectivity index (χ1) is 8.58. The van der Waals surface area contributed by atoms with Gasteiger partial charge in [-0.05, 0) is 46.6 Å². The molecule has 0 unspecified atom stereocenters. The van der Waals surface area contributed by atoms with E-state index in [9.17, 15) is 4.39 Å². The molecule has 18 heavy (non-hydrogen) atoms. The second-order valence-corrected chi connectivity index (χ2v) is 4.84. The molecule has 2 aromatic carbocycles. The molecule has 0 aliphatic carbocycles. The smallest absolute Gasteiger partial charge is 0.142 e. The number of halogens is 2. The van der Waals surface area contributed by atoms with Gasteiger partial charge in [0, 0.05) is 5.56 Å². The molecule has 0 aromatic heterocycles. The summed E-state index contributed by atoms with van der Waals surface area (Å²) in [5, 5.41) is 0. The van der Waals surface area contributed by atoms with Gasteiger partial charge in [0.25, 0.3) is 0 Å². The van der Waals surface area contributed by atoms with Crippen molar-refractivity contribution in [3.05, 3.63) is 57.8 Å². The molecule has 94 valence electrons. The topological polar surface area (TPSA) is 35.2 Å². The Bertz CT molecular complexity index is 570. The second kappa shape index (κ2) is 5.40. The van der Waals surface area contributed by atoms with Crippen molar-refractivity contribution in [2.75, 3.05) is 5.73 Å². The maximum atomic E-state index is 13.3. The fourth-order valence-corrected chi connectivity index (χ4v) is 1.96. The Morgan fingerprint density at radius 2 is 2.06 bits per heavy atom. The maximum absolute atomic E-state index is 13.3. The van der Waals surface area contributed by atoms with E-state index in [4.69, 9.17) is 10.5 Å². The van der Waals surface area contributed by atoms with Gasteiger partial charge in [-0.15, -0.1) is 0 Å². The minimum atomic E-state index is -0.298. The summed E-state index contributed by atoms with van der Waals surface area (Å²) in [6.07, 6.45) is 0. The number of nitrogens with two attached hydrogens (primary N) is 1. The zero-order valence-electron chi connectivity index (χ0n) is 9.91. The number of benzene rings is 2. The number of ether oxygens (including phenoxy) is 1. The first-order valence-corrected chi connectivity index (χ1v) is 6.29. The molecule has 0 aliphatic heterocycles. The lowest BCUT2D eigenvalue weighted by Gasteiger charge is -2.11. The number of anilines is 1. The summed E-state index contributed by atoms with van der Waals surface area (Å²) in [5.41, 5.74) is 8.20. The number of hydrogen-bond donors (Lipinski definition) is 1. The Morgan fingerprint density at radius 1 is 1.28 bits per heavy atom. The fourth-order valence-electron chi connectivity index (χ4n) is 1.58. The Labute approximate surface area is 114 Å². The lowest BCUT2D eigenvalue weighted by molar-refractivity contribution is 0.306. The standard InChI is InChI=1S/C14H13BrFNO/c1-9-5-6-12(17)13(7-9)18-8-10-3-2-4-11(16)14(10)15/h2-7H,8,17H2,1H3. The molecule has 0 radical (unpaired) electrons. The lowest BCUT2D eigenvalue weighted by atomic mass is 10.2. The van der Waals surface area contributed by atoms with E-state index in [1.54, 1.807) is 18.2 Å². The summed E-state index contributed by atoms with van der Waals surface area (Å²) in [4.78, 5) is 0. The van der Waals surface area contributed by atoms with E-state index in [1.807, 2.05) is 19.1 Å². The third kappa shape index (κ3) is 2.82. The van der Waals surface area contributed by atoms with Crippen LogP contribution in [0.3, 0.4) is 0 Å². The van der Waals surface area contributed by atoms with Crippen LogP contribution in [0.1, 0.15) is 11.1 Å². The fraction of sp³-hybridized carbons (Fsp3) is 0.143. The molecule has 0 spiro atoms. The SMILES string of the molecule is Cc1ccc(N)c(OCc2cccc(F)c2Br)c1. The van der Waals surface area contributed by atoms with Crippen LogP contribution in [0, 0.1) is 12.7 Å². The Balaban J connectivity index is 2.16. The third-order valence-corrected chi connectivity index (χ3v) is 3.47. The van der Waals surface area contributed by atoms with E-state index in [-0.39, 0.29) is 12.4 Å². The van der Waals surface area contributed by atoms with Gasteiger partial charge in [-0.1, -0.05) is 18.2 Å². The average Bonchev–Trinajstić information content (AvgIpc) is 2.35. The van der Waals surface area contributed by atoms with Gasteiger partial charge in [-0.25, -0.2) is 4.39 Å². The number of rotatable bonds is 3. The molecule has 0 saturated carbocycles. The largest absolute Gasteiger partial charge is 0.487 e. The van der Waals surface area contributed by atoms with Gasteiger partial charge >= 0.3 is 0 Å². The zero-order valence-corrected chi connectivity index (χ0v) is 11.5. The van der Waals surface area contributed by atoms with Crippen molar-refractivity contribution in [3.63, 3.8) is 0 Å². The maximum Gasteiger partial charge on any atom is 0.142 e. The first-order valence-electron chi connectivity index (χ1n) is 5.50. The van der Waals surface area contributed by atoms with E-state index in [0.29, 0.717) is 15.9 Å². The molecule has 2 nitrogen and oxygen atoms in total. The third-order valence-electron chi connectivity index (χ3n) is 2.58. The molecule has 2 rings (SSSR count). The van der Waals surface area contributed by atoms with Crippen molar-refractivity contribution in [1.82, 2.24) is 0 Å². The molecule has 4 heteroatoms. The summed E-state index contributed by atoms with van der Waals surface area (Å²) in [6, 6.07) is 10.4. The average molecular weight is 310 g/mol. The zero-order chi connectivity index (χ0) is 13.1. The van der Waals surface area contributed by atoms with Crippen molar-refractivity contribution in [1.29, 1.82) is 0 Å². The highest BCUT2D eigenvalue weighted by Gasteiger charge is 2.07. The van der Waals surface area contributed by atoms with Crippen LogP contribution in [-0.2, 0) is 6.61 Å². The molecule has 0 saturated heterocycles. The van der Waals surface area contributed by atoms with Crippen LogP contribution < -0.4 is 10.5 Å². The van der Waals surface area contributed by atoms with Gasteiger partial charge < -0.3 is 10.5 Å². The quantitative estimate of drug-likeness (QED) is 0.868. The van der Waals surface area contributed by atoms with Crippen molar-refractivity contribution < 1.29 is 9.13 Å². The number of hydrogen-bond acceptors (Lipinski definition) is 2. The van der Waals surface area contributed by atoms with Crippen LogP contribution in [0.25, 0.3) is 0 Å². The van der Waals surface area contributed by atoms with Crippen molar-refractivity contribution >= 4 is 21.6 Å². The molecule has 0 atom stereocenters. The number of aryl methyl sites for hydroxylation is 1. The predicted octanol–water partition coefficient (Wildman–Crippen LogP) is 4.06. The second-order valence-electron chi connectivity index (χ2n) is 4.04. The van der Waals surface area contributed by atoms with Crippen LogP contribution in [0.4, 0.5) is 10.1 Å². The summed E-state index contributed by atoms with van der Waals surface area (Å²) >= 11 is 3.20. The van der Waals surface area contributed by atoms with E-state index >= 15 is 0 Å². The van der Waals surface area contributed by atoms with E-state index in [0.717, 1.165) is 11.1 Å². The lowest BCUT2D eigenvalue weighted by Crippen LogP contribution is -2.00. The van der Waals surface area contributed by atoms with Crippen LogP contribution in [-0.4, -0.2) is 0 Å². The number of nitrogen functional groups attached to an aromatic ring is 1. The molecule has 0 fully saturated rings. The van der Waals surface area contributed by atoms with Crippen LogP contribution in [0.2, 0.25) is 0 Å². The van der Waals surface area contributed by atoms with Gasteiger partial charge in [0.1, 0.15) is 18.2 Å². The Kier molecular flexibility index (Phi) is 3.87. The van der Waals surface area contributed by atoms with Crippen LogP contribution >= 0.6 is 15.9 Å². The van der Waals surface area contributed by atoms with Crippen molar-refractivity contribution in [2.24, 2.45) is 0 Å². The van der Waals surface area contributed by atoms with Crippen LogP contribution in [0.5, 0.6) is 5.75 Å². The monoisotopic (exact) mass is 309 g/mol. The van der Waals surface area contributed by atoms with Gasteiger partial charge in [-0.2, -0.15) is 0 Å². The summed E-state index contributed by atoms with van der Waals surface area (Å²) in [6.45, 7) is 2.23. The van der Waals surface area contributed by atoms with E-state index < -0.39 is 0 Å². The molecule has 0 bridgehead atoms. The molecular weight excluding hydrogens is 297 g/mol. The molecule has 0 amide bonds. The van der Waals surface area contributed by atoms with Gasteiger partial charge in [0.2, 0.25) is 0 Å². The molecule has 0 heterocycles. The highest BCUT2D eigenvalue weighted by atomic mass is 79.9.